The minimum Gasteiger partial charge on any atom is -0.308 e. The Morgan fingerprint density at radius 2 is 1.85 bits per heavy atom. The van der Waals surface area contributed by atoms with E-state index in [-0.39, 0.29) is 6.03 Å². The standard InChI is InChI=1S/C14H16N4OS/c1-8-5-9(2)7-11(6-8)15-13(19)16-14-18-17-12(20-14)10-3-4-10/h5-7,10H,3-4H2,1-2H3,(H2,15,16,18,19). The Morgan fingerprint density at radius 3 is 2.50 bits per heavy atom. The van der Waals surface area contributed by atoms with E-state index in [1.54, 1.807) is 0 Å². The van der Waals surface area contributed by atoms with E-state index < -0.39 is 0 Å². The van der Waals surface area contributed by atoms with Crippen molar-refractivity contribution in [1.82, 2.24) is 10.2 Å². The van der Waals surface area contributed by atoms with E-state index in [2.05, 4.69) is 26.9 Å². The highest BCUT2D eigenvalue weighted by atomic mass is 32.1. The van der Waals surface area contributed by atoms with Gasteiger partial charge in [0.15, 0.2) is 0 Å². The first-order valence-corrected chi connectivity index (χ1v) is 7.41. The number of benzene rings is 1. The van der Waals surface area contributed by atoms with Crippen LogP contribution in [0.3, 0.4) is 0 Å². The van der Waals surface area contributed by atoms with Crippen molar-refractivity contribution in [3.8, 4) is 0 Å². The zero-order valence-corrected chi connectivity index (χ0v) is 12.3. The van der Waals surface area contributed by atoms with Gasteiger partial charge in [-0.25, -0.2) is 4.79 Å². The molecule has 0 unspecified atom stereocenters. The van der Waals surface area contributed by atoms with Crippen LogP contribution in [0.1, 0.15) is 34.9 Å². The van der Waals surface area contributed by atoms with Gasteiger partial charge in [0.25, 0.3) is 0 Å². The summed E-state index contributed by atoms with van der Waals surface area (Å²) in [7, 11) is 0. The van der Waals surface area contributed by atoms with Crippen LogP contribution in [0, 0.1) is 13.8 Å². The fraction of sp³-hybridized carbons (Fsp3) is 0.357. The van der Waals surface area contributed by atoms with Crippen LogP contribution in [0.15, 0.2) is 18.2 Å². The average Bonchev–Trinajstić information content (AvgIpc) is 3.09. The SMILES string of the molecule is Cc1cc(C)cc(NC(=O)Nc2nnc(C3CC3)s2)c1. The van der Waals surface area contributed by atoms with Gasteiger partial charge in [-0.1, -0.05) is 17.4 Å². The van der Waals surface area contributed by atoms with Gasteiger partial charge in [-0.2, -0.15) is 0 Å². The number of hydrogen-bond acceptors (Lipinski definition) is 4. The molecule has 1 fully saturated rings. The van der Waals surface area contributed by atoms with Crippen LogP contribution >= 0.6 is 11.3 Å². The van der Waals surface area contributed by atoms with Crippen molar-refractivity contribution < 1.29 is 4.79 Å². The van der Waals surface area contributed by atoms with Crippen LogP contribution in [0.25, 0.3) is 0 Å². The summed E-state index contributed by atoms with van der Waals surface area (Å²) in [5.74, 6) is 0.561. The van der Waals surface area contributed by atoms with Gasteiger partial charge in [0.05, 0.1) is 0 Å². The van der Waals surface area contributed by atoms with E-state index in [4.69, 9.17) is 0 Å². The molecule has 0 radical (unpaired) electrons. The molecule has 0 atom stereocenters. The summed E-state index contributed by atoms with van der Waals surface area (Å²) >= 11 is 1.45. The second-order valence-corrected chi connectivity index (χ2v) is 6.18. The third-order valence-corrected chi connectivity index (χ3v) is 4.07. The van der Waals surface area contributed by atoms with E-state index in [1.165, 1.54) is 24.2 Å². The van der Waals surface area contributed by atoms with E-state index in [9.17, 15) is 4.79 Å². The number of amides is 2. The van der Waals surface area contributed by atoms with Crippen LogP contribution in [0.5, 0.6) is 0 Å². The number of urea groups is 1. The van der Waals surface area contributed by atoms with Gasteiger partial charge in [0, 0.05) is 11.6 Å². The first kappa shape index (κ1) is 13.1. The number of hydrogen-bond donors (Lipinski definition) is 2. The summed E-state index contributed by atoms with van der Waals surface area (Å²) < 4.78 is 0. The number of aromatic nitrogens is 2. The van der Waals surface area contributed by atoms with Gasteiger partial charge in [0.2, 0.25) is 5.13 Å². The molecule has 1 aromatic heterocycles. The summed E-state index contributed by atoms with van der Waals surface area (Å²) in [4.78, 5) is 11.9. The Balaban J connectivity index is 1.63. The second kappa shape index (κ2) is 5.20. The minimum atomic E-state index is -0.284. The third kappa shape index (κ3) is 3.14. The first-order chi connectivity index (χ1) is 9.60. The van der Waals surface area contributed by atoms with E-state index in [1.807, 2.05) is 26.0 Å². The Hall–Kier alpha value is -1.95. The highest BCUT2D eigenvalue weighted by Crippen LogP contribution is 2.42. The fourth-order valence-electron chi connectivity index (χ4n) is 2.09. The quantitative estimate of drug-likeness (QED) is 0.905. The molecule has 1 aliphatic rings. The van der Waals surface area contributed by atoms with E-state index in [0.717, 1.165) is 21.8 Å². The van der Waals surface area contributed by atoms with Crippen molar-refractivity contribution >= 4 is 28.2 Å². The maximum Gasteiger partial charge on any atom is 0.325 e. The molecule has 0 spiro atoms. The van der Waals surface area contributed by atoms with Crippen molar-refractivity contribution in [2.75, 3.05) is 10.6 Å². The Bertz CT molecular complexity index is 628. The Morgan fingerprint density at radius 1 is 1.15 bits per heavy atom. The molecule has 1 aromatic carbocycles. The highest BCUT2D eigenvalue weighted by Gasteiger charge is 2.27. The monoisotopic (exact) mass is 288 g/mol. The molecule has 1 aliphatic carbocycles. The second-order valence-electron chi connectivity index (χ2n) is 5.18. The van der Waals surface area contributed by atoms with Crippen molar-refractivity contribution in [2.24, 2.45) is 0 Å². The molecule has 6 heteroatoms. The van der Waals surface area contributed by atoms with Gasteiger partial charge >= 0.3 is 6.03 Å². The summed E-state index contributed by atoms with van der Waals surface area (Å²) in [6, 6.07) is 5.65. The van der Waals surface area contributed by atoms with E-state index in [0.29, 0.717) is 11.0 Å². The molecule has 1 heterocycles. The van der Waals surface area contributed by atoms with Crippen LogP contribution in [0.4, 0.5) is 15.6 Å². The van der Waals surface area contributed by atoms with Crippen LogP contribution in [0.2, 0.25) is 0 Å². The number of nitrogens with zero attached hydrogens (tertiary/aromatic N) is 2. The summed E-state index contributed by atoms with van der Waals surface area (Å²) in [5, 5.41) is 15.2. The number of rotatable bonds is 3. The smallest absolute Gasteiger partial charge is 0.308 e. The summed E-state index contributed by atoms with van der Waals surface area (Å²) in [5.41, 5.74) is 3.02. The van der Waals surface area contributed by atoms with Crippen LogP contribution < -0.4 is 10.6 Å². The van der Waals surface area contributed by atoms with Gasteiger partial charge in [-0.15, -0.1) is 10.2 Å². The number of anilines is 2. The Kier molecular flexibility index (Phi) is 3.40. The van der Waals surface area contributed by atoms with Gasteiger partial charge < -0.3 is 5.32 Å². The molecule has 104 valence electrons. The zero-order chi connectivity index (χ0) is 14.1. The molecule has 0 saturated heterocycles. The predicted molar refractivity (Wildman–Crippen MR) is 80.4 cm³/mol. The number of nitrogens with one attached hydrogen (secondary N) is 2. The lowest BCUT2D eigenvalue weighted by Crippen LogP contribution is -2.19. The molecule has 0 aliphatic heterocycles. The molecule has 2 N–H and O–H groups in total. The molecule has 1 saturated carbocycles. The summed E-state index contributed by atoms with van der Waals surface area (Å²) in [6.45, 7) is 4.01. The summed E-state index contributed by atoms with van der Waals surface area (Å²) in [6.07, 6.45) is 2.37. The lowest BCUT2D eigenvalue weighted by molar-refractivity contribution is 0.262. The Labute approximate surface area is 121 Å². The van der Waals surface area contributed by atoms with Gasteiger partial charge in [-0.05, 0) is 49.9 Å². The molecule has 2 aromatic rings. The number of carbonyl (C=O) groups excluding carboxylic acids is 1. The molecule has 2 amide bonds. The predicted octanol–water partition coefficient (Wildman–Crippen LogP) is 3.68. The molecule has 0 bridgehead atoms. The number of carbonyl (C=O) groups is 1. The van der Waals surface area contributed by atoms with Crippen molar-refractivity contribution in [2.45, 2.75) is 32.6 Å². The lowest BCUT2D eigenvalue weighted by atomic mass is 10.1. The van der Waals surface area contributed by atoms with E-state index >= 15 is 0 Å². The topological polar surface area (TPSA) is 66.9 Å². The maximum absolute atomic E-state index is 11.9. The normalized spacial score (nSPS) is 14.1. The maximum atomic E-state index is 11.9. The van der Waals surface area contributed by atoms with Crippen LogP contribution in [-0.4, -0.2) is 16.2 Å². The van der Waals surface area contributed by atoms with Gasteiger partial charge in [-0.3, -0.25) is 5.32 Å². The van der Waals surface area contributed by atoms with Gasteiger partial charge in [0.1, 0.15) is 5.01 Å². The largest absolute Gasteiger partial charge is 0.325 e. The van der Waals surface area contributed by atoms with Crippen molar-refractivity contribution in [3.63, 3.8) is 0 Å². The molecular formula is C14H16N4OS. The molecule has 20 heavy (non-hydrogen) atoms. The molecular weight excluding hydrogens is 272 g/mol. The minimum absolute atomic E-state index is 0.284. The lowest BCUT2D eigenvalue weighted by Gasteiger charge is -2.07. The highest BCUT2D eigenvalue weighted by molar-refractivity contribution is 7.15. The van der Waals surface area contributed by atoms with Crippen molar-refractivity contribution in [3.05, 3.63) is 34.3 Å². The molecule has 5 nitrogen and oxygen atoms in total. The molecule has 3 rings (SSSR count). The number of aryl methyl sites for hydroxylation is 2. The zero-order valence-electron chi connectivity index (χ0n) is 11.4. The third-order valence-electron chi connectivity index (χ3n) is 3.07. The first-order valence-electron chi connectivity index (χ1n) is 6.60. The average molecular weight is 288 g/mol. The van der Waals surface area contributed by atoms with Crippen LogP contribution in [-0.2, 0) is 0 Å². The fourth-order valence-corrected chi connectivity index (χ4v) is 2.99. The van der Waals surface area contributed by atoms with Crippen molar-refractivity contribution in [1.29, 1.82) is 0 Å².